The summed E-state index contributed by atoms with van der Waals surface area (Å²) in [6.07, 6.45) is 2.85. The highest BCUT2D eigenvalue weighted by Gasteiger charge is 2.07. The molecule has 0 bridgehead atoms. The molecule has 4 rings (SSSR count). The number of hydrogen-bond donors (Lipinski definition) is 2. The van der Waals surface area contributed by atoms with E-state index >= 15 is 0 Å². The van der Waals surface area contributed by atoms with Gasteiger partial charge < -0.3 is 0 Å². The summed E-state index contributed by atoms with van der Waals surface area (Å²) in [4.78, 5) is 38.7. The SMILES string of the molecule is Cc1nc2nc[nH]n2c(=O)c1Br.Cc1nc2nc[nH]n2c(=O)c1Br. The minimum Gasteiger partial charge on any atom is -0.278 e. The van der Waals surface area contributed by atoms with Gasteiger partial charge in [-0.1, -0.05) is 0 Å². The van der Waals surface area contributed by atoms with Crippen LogP contribution in [0, 0.1) is 13.8 Å². The number of halogens is 2. The highest BCUT2D eigenvalue weighted by molar-refractivity contribution is 9.10. The van der Waals surface area contributed by atoms with Crippen molar-refractivity contribution in [2.24, 2.45) is 0 Å². The summed E-state index contributed by atoms with van der Waals surface area (Å²) in [6, 6.07) is 0. The molecule has 24 heavy (non-hydrogen) atoms. The van der Waals surface area contributed by atoms with Crippen LogP contribution in [0.2, 0.25) is 0 Å². The monoisotopic (exact) mass is 456 g/mol. The summed E-state index contributed by atoms with van der Waals surface area (Å²) < 4.78 is 3.47. The maximum Gasteiger partial charge on any atom is 0.288 e. The Balaban J connectivity index is 0.000000141. The molecule has 0 aliphatic rings. The Kier molecular flexibility index (Phi) is 4.32. The topological polar surface area (TPSA) is 126 Å². The molecule has 0 saturated carbocycles. The largest absolute Gasteiger partial charge is 0.288 e. The van der Waals surface area contributed by atoms with Gasteiger partial charge >= 0.3 is 0 Å². The Labute approximate surface area is 150 Å². The van der Waals surface area contributed by atoms with Crippen molar-refractivity contribution >= 4 is 43.4 Å². The van der Waals surface area contributed by atoms with Gasteiger partial charge in [0.2, 0.25) is 0 Å². The fraction of sp³-hybridized carbons (Fsp3) is 0.167. The first-order valence-electron chi connectivity index (χ1n) is 6.56. The van der Waals surface area contributed by atoms with E-state index in [1.54, 1.807) is 13.8 Å². The molecule has 0 fully saturated rings. The molecule has 0 spiro atoms. The molecule has 0 saturated heterocycles. The molecule has 0 atom stereocenters. The summed E-state index contributed by atoms with van der Waals surface area (Å²) in [5.74, 6) is 0.779. The number of nitrogens with zero attached hydrogens (tertiary/aromatic N) is 6. The van der Waals surface area contributed by atoms with Crippen LogP contribution < -0.4 is 11.1 Å². The second kappa shape index (κ2) is 6.28. The number of fused-ring (bicyclic) bond motifs is 2. The zero-order valence-electron chi connectivity index (χ0n) is 12.4. The third-order valence-corrected chi connectivity index (χ3v) is 4.91. The molecule has 4 heterocycles. The van der Waals surface area contributed by atoms with Gasteiger partial charge in [0.1, 0.15) is 21.6 Å². The zero-order chi connectivity index (χ0) is 17.4. The minimum absolute atomic E-state index is 0.171. The van der Waals surface area contributed by atoms with E-state index in [2.05, 4.69) is 62.0 Å². The van der Waals surface area contributed by atoms with Crippen molar-refractivity contribution in [3.8, 4) is 0 Å². The molecule has 10 nitrogen and oxygen atoms in total. The van der Waals surface area contributed by atoms with Gasteiger partial charge in [0, 0.05) is 0 Å². The lowest BCUT2D eigenvalue weighted by Crippen LogP contribution is -2.17. The van der Waals surface area contributed by atoms with Crippen molar-refractivity contribution in [3.63, 3.8) is 0 Å². The lowest BCUT2D eigenvalue weighted by atomic mass is 10.4. The van der Waals surface area contributed by atoms with Gasteiger partial charge in [0.15, 0.2) is 0 Å². The van der Waals surface area contributed by atoms with E-state index in [0.717, 1.165) is 0 Å². The summed E-state index contributed by atoms with van der Waals surface area (Å²) >= 11 is 6.28. The summed E-state index contributed by atoms with van der Waals surface area (Å²) in [5, 5.41) is 5.31. The predicted octanol–water partition coefficient (Wildman–Crippen LogP) is 0.977. The van der Waals surface area contributed by atoms with E-state index in [4.69, 9.17) is 0 Å². The van der Waals surface area contributed by atoms with Crippen LogP contribution in [0.5, 0.6) is 0 Å². The summed E-state index contributed by atoms with van der Waals surface area (Å²) in [7, 11) is 0. The van der Waals surface area contributed by atoms with Gasteiger partial charge in [-0.05, 0) is 45.7 Å². The van der Waals surface area contributed by atoms with Gasteiger partial charge in [0.25, 0.3) is 22.7 Å². The molecule has 2 N–H and O–H groups in total. The van der Waals surface area contributed by atoms with Gasteiger partial charge in [0.05, 0.1) is 11.4 Å². The van der Waals surface area contributed by atoms with Crippen LogP contribution in [-0.4, -0.2) is 39.2 Å². The van der Waals surface area contributed by atoms with E-state index in [9.17, 15) is 9.59 Å². The van der Waals surface area contributed by atoms with Crippen LogP contribution in [0.3, 0.4) is 0 Å². The number of rotatable bonds is 0. The zero-order valence-corrected chi connectivity index (χ0v) is 15.6. The highest BCUT2D eigenvalue weighted by Crippen LogP contribution is 2.08. The normalized spacial score (nSPS) is 10.8. The van der Waals surface area contributed by atoms with Gasteiger partial charge in [-0.2, -0.15) is 9.03 Å². The number of hydrogen-bond acceptors (Lipinski definition) is 6. The number of aryl methyl sites for hydroxylation is 2. The van der Waals surface area contributed by atoms with Crippen molar-refractivity contribution in [1.29, 1.82) is 0 Å². The van der Waals surface area contributed by atoms with E-state index in [-0.39, 0.29) is 11.1 Å². The highest BCUT2D eigenvalue weighted by atomic mass is 79.9. The first-order chi connectivity index (χ1) is 11.4. The molecule has 4 aromatic heterocycles. The predicted molar refractivity (Wildman–Crippen MR) is 92.1 cm³/mol. The van der Waals surface area contributed by atoms with E-state index in [1.807, 2.05) is 0 Å². The molecule has 0 unspecified atom stereocenters. The van der Waals surface area contributed by atoms with Crippen molar-refractivity contribution < 1.29 is 0 Å². The summed E-state index contributed by atoms with van der Waals surface area (Å²) in [5.41, 5.74) is 0.948. The van der Waals surface area contributed by atoms with Gasteiger partial charge in [-0.3, -0.25) is 19.8 Å². The van der Waals surface area contributed by atoms with Crippen LogP contribution >= 0.6 is 31.9 Å². The molecule has 124 valence electrons. The molecule has 0 aliphatic carbocycles. The van der Waals surface area contributed by atoms with Crippen molar-refractivity contribution in [3.05, 3.63) is 53.7 Å². The molecule has 0 amide bonds. The van der Waals surface area contributed by atoms with Crippen molar-refractivity contribution in [2.45, 2.75) is 13.8 Å². The van der Waals surface area contributed by atoms with Crippen LogP contribution in [0.1, 0.15) is 11.4 Å². The third-order valence-electron chi connectivity index (χ3n) is 3.09. The molecule has 0 radical (unpaired) electrons. The fourth-order valence-electron chi connectivity index (χ4n) is 1.88. The molecule has 0 aromatic carbocycles. The molecule has 12 heteroatoms. The van der Waals surface area contributed by atoms with Gasteiger partial charge in [-0.15, -0.1) is 0 Å². The Morgan fingerprint density at radius 3 is 1.58 bits per heavy atom. The van der Waals surface area contributed by atoms with E-state index in [0.29, 0.717) is 31.9 Å². The van der Waals surface area contributed by atoms with Crippen LogP contribution in [-0.2, 0) is 0 Å². The molecule has 0 aliphatic heterocycles. The lowest BCUT2D eigenvalue weighted by molar-refractivity contribution is 0.880. The Morgan fingerprint density at radius 1 is 0.833 bits per heavy atom. The van der Waals surface area contributed by atoms with Crippen LogP contribution in [0.15, 0.2) is 31.2 Å². The Morgan fingerprint density at radius 2 is 1.21 bits per heavy atom. The minimum atomic E-state index is -0.171. The van der Waals surface area contributed by atoms with E-state index in [1.165, 1.54) is 21.7 Å². The van der Waals surface area contributed by atoms with Crippen LogP contribution in [0.25, 0.3) is 11.6 Å². The number of aromatic amines is 2. The molecule has 4 aromatic rings. The molecular formula is C12H10Br2N8O2. The van der Waals surface area contributed by atoms with Gasteiger partial charge in [-0.25, -0.2) is 19.9 Å². The second-order valence-electron chi connectivity index (χ2n) is 4.68. The average Bonchev–Trinajstić information content (AvgIpc) is 3.20. The maximum absolute atomic E-state index is 11.4. The first kappa shape index (κ1) is 16.5. The fourth-order valence-corrected chi connectivity index (χ4v) is 2.41. The van der Waals surface area contributed by atoms with Crippen LogP contribution in [0.4, 0.5) is 0 Å². The van der Waals surface area contributed by atoms with Crippen molar-refractivity contribution in [2.75, 3.05) is 0 Å². The molecular weight excluding hydrogens is 448 g/mol. The quantitative estimate of drug-likeness (QED) is 0.405. The lowest BCUT2D eigenvalue weighted by Gasteiger charge is -1.95. The van der Waals surface area contributed by atoms with E-state index < -0.39 is 0 Å². The maximum atomic E-state index is 11.4. The number of nitrogens with one attached hydrogen (secondary N) is 2. The smallest absolute Gasteiger partial charge is 0.278 e. The first-order valence-corrected chi connectivity index (χ1v) is 8.15. The standard InChI is InChI=1S/2C6H5BrN4O/c2*1-3-4(7)5(12)11-6(10-3)8-2-9-11/h2*2H,1H3,(H,8,9,10). The number of aromatic nitrogens is 8. The summed E-state index contributed by atoms with van der Waals surface area (Å²) in [6.45, 7) is 3.50. The second-order valence-corrected chi connectivity index (χ2v) is 6.26. The third kappa shape index (κ3) is 2.78. The Bertz CT molecular complexity index is 1060. The van der Waals surface area contributed by atoms with Crippen molar-refractivity contribution in [1.82, 2.24) is 39.2 Å². The average molecular weight is 458 g/mol. The Hall–Kier alpha value is -2.34. The number of H-pyrrole nitrogens is 2.